The lowest BCUT2D eigenvalue weighted by atomic mass is 9.99. The van der Waals surface area contributed by atoms with Crippen LogP contribution in [0.1, 0.15) is 42.3 Å². The van der Waals surface area contributed by atoms with Crippen molar-refractivity contribution in [3.63, 3.8) is 0 Å². The van der Waals surface area contributed by atoms with Crippen molar-refractivity contribution >= 4 is 62.0 Å². The van der Waals surface area contributed by atoms with E-state index in [2.05, 4.69) is 15.7 Å². The third kappa shape index (κ3) is 8.66. The minimum absolute atomic E-state index is 0.289. The number of halogens is 5. The number of carbonyl (C=O) groups excluding carboxylic acids is 2. The number of pyridine rings is 1. The molecule has 11 nitrogen and oxygen atoms in total. The molecule has 1 heterocycles. The number of rotatable bonds is 8. The number of nitrogens with one attached hydrogen (secondary N) is 4. The molecular weight excluding hydrogens is 711 g/mol. The zero-order chi connectivity index (χ0) is 32.3. The molecule has 0 radical (unpaired) electrons. The fourth-order valence-electron chi connectivity index (χ4n) is 3.50. The average molecular weight is 739 g/mol. The van der Waals surface area contributed by atoms with Gasteiger partial charge in [-0.05, 0) is 84.8 Å². The third-order valence-electron chi connectivity index (χ3n) is 5.50. The van der Waals surface area contributed by atoms with E-state index < -0.39 is 80.1 Å². The molecule has 17 heteroatoms. The second-order valence-corrected chi connectivity index (χ2v) is 12.8. The minimum Gasteiger partial charge on any atom is -0.442 e. The number of hydrogen-bond donors (Lipinski definition) is 4. The zero-order valence-electron chi connectivity index (χ0n) is 23.4. The predicted molar refractivity (Wildman–Crippen MR) is 159 cm³/mol. The van der Waals surface area contributed by atoms with Crippen molar-refractivity contribution in [2.75, 3.05) is 24.1 Å². The minimum atomic E-state index is -4.16. The predicted octanol–water partition coefficient (Wildman–Crippen LogP) is 4.96. The Balaban J connectivity index is 2.09. The summed E-state index contributed by atoms with van der Waals surface area (Å²) in [4.78, 5) is 29.3. The highest BCUT2D eigenvalue weighted by molar-refractivity contribution is 14.1. The normalized spacial score (nSPS) is 11.6. The Hall–Kier alpha value is -3.71. The second kappa shape index (κ2) is 13.3. The first-order valence-electron chi connectivity index (χ1n) is 12.3. The lowest BCUT2D eigenvalue weighted by Crippen LogP contribution is -2.45. The lowest BCUT2D eigenvalue weighted by Gasteiger charge is -2.25. The van der Waals surface area contributed by atoms with Gasteiger partial charge in [0, 0.05) is 30.3 Å². The van der Waals surface area contributed by atoms with E-state index in [1.807, 2.05) is 32.0 Å². The van der Waals surface area contributed by atoms with E-state index in [-0.39, 0.29) is 11.3 Å². The topological polar surface area (TPSA) is 142 Å². The van der Waals surface area contributed by atoms with Gasteiger partial charge in [-0.1, -0.05) is 0 Å². The molecule has 232 valence electrons. The van der Waals surface area contributed by atoms with Gasteiger partial charge in [0.15, 0.2) is 23.3 Å². The number of amides is 2. The number of hydrazine groups is 1. The highest BCUT2D eigenvalue weighted by atomic mass is 127. The number of nitrogens with zero attached hydrogens (tertiary/aromatic N) is 2. The Morgan fingerprint density at radius 2 is 1.70 bits per heavy atom. The molecule has 3 aromatic rings. The maximum Gasteiger partial charge on any atom is 0.428 e. The van der Waals surface area contributed by atoms with Gasteiger partial charge in [0.25, 0.3) is 16.1 Å². The summed E-state index contributed by atoms with van der Waals surface area (Å²) >= 11 is 1.85. The molecule has 43 heavy (non-hydrogen) atoms. The summed E-state index contributed by atoms with van der Waals surface area (Å²) in [6.07, 6.45) is -0.595. The highest BCUT2D eigenvalue weighted by Crippen LogP contribution is 2.32. The number of aromatic nitrogens is 1. The van der Waals surface area contributed by atoms with Crippen molar-refractivity contribution in [2.45, 2.75) is 32.8 Å². The van der Waals surface area contributed by atoms with Crippen LogP contribution in [0.3, 0.4) is 0 Å². The monoisotopic (exact) mass is 738 g/mol. The van der Waals surface area contributed by atoms with Gasteiger partial charge in [-0.15, -0.1) is 0 Å². The fourth-order valence-corrected chi connectivity index (χ4v) is 4.45. The van der Waals surface area contributed by atoms with Gasteiger partial charge >= 0.3 is 6.09 Å². The van der Waals surface area contributed by atoms with Gasteiger partial charge in [-0.3, -0.25) is 14.9 Å². The quantitative estimate of drug-likeness (QED) is 0.146. The Bertz CT molecular complexity index is 1670. The van der Waals surface area contributed by atoms with Crippen molar-refractivity contribution < 1.29 is 40.3 Å². The standard InChI is InChI=1S/C26H27F4IN6O5S/c1-26(2,3)42-25(39)37(5)35-24(38)16-11-14(10-13-8-9-33-23(20(13)29)36-43(40,41)32-4)19(28)21(30)22(16)34-18-7-6-15(31)12-17(18)27/h6-9,11-12,32,34H,10H2,1-5H3,(H,33,36)(H,35,38). The van der Waals surface area contributed by atoms with Crippen LogP contribution in [-0.4, -0.2) is 50.1 Å². The lowest BCUT2D eigenvalue weighted by molar-refractivity contribution is 0.0195. The summed E-state index contributed by atoms with van der Waals surface area (Å²) < 4.78 is 93.8. The van der Waals surface area contributed by atoms with Crippen molar-refractivity contribution in [1.82, 2.24) is 20.1 Å². The Morgan fingerprint density at radius 1 is 1.02 bits per heavy atom. The molecule has 2 aromatic carbocycles. The number of ether oxygens (including phenoxy) is 1. The summed E-state index contributed by atoms with van der Waals surface area (Å²) in [6, 6.07) is 5.84. The maximum atomic E-state index is 15.6. The Morgan fingerprint density at radius 3 is 2.30 bits per heavy atom. The smallest absolute Gasteiger partial charge is 0.428 e. The van der Waals surface area contributed by atoms with E-state index in [9.17, 15) is 22.4 Å². The molecule has 0 fully saturated rings. The van der Waals surface area contributed by atoms with Crippen LogP contribution < -0.4 is 20.2 Å². The molecule has 0 spiro atoms. The summed E-state index contributed by atoms with van der Waals surface area (Å²) in [5, 5.41) is 3.06. The average Bonchev–Trinajstić information content (AvgIpc) is 2.90. The van der Waals surface area contributed by atoms with E-state index in [0.29, 0.717) is 8.58 Å². The third-order valence-corrected chi connectivity index (χ3v) is 7.17. The van der Waals surface area contributed by atoms with Crippen molar-refractivity contribution in [1.29, 1.82) is 0 Å². The van der Waals surface area contributed by atoms with Gasteiger partial charge in [-0.25, -0.2) is 37.1 Å². The van der Waals surface area contributed by atoms with Crippen LogP contribution in [0.15, 0.2) is 36.5 Å². The van der Waals surface area contributed by atoms with Crippen LogP contribution in [0.5, 0.6) is 0 Å². The van der Waals surface area contributed by atoms with Crippen molar-refractivity contribution in [3.8, 4) is 0 Å². The molecule has 2 amide bonds. The van der Waals surface area contributed by atoms with Gasteiger partial charge in [0.2, 0.25) is 0 Å². The van der Waals surface area contributed by atoms with Gasteiger partial charge in [0.05, 0.1) is 16.9 Å². The summed E-state index contributed by atoms with van der Waals surface area (Å²) in [7, 11) is -1.93. The van der Waals surface area contributed by atoms with E-state index in [1.54, 1.807) is 20.8 Å². The largest absolute Gasteiger partial charge is 0.442 e. The van der Waals surface area contributed by atoms with Gasteiger partial charge in [-0.2, -0.15) is 8.42 Å². The molecule has 0 aliphatic heterocycles. The molecule has 0 unspecified atom stereocenters. The van der Waals surface area contributed by atoms with E-state index >= 15 is 13.2 Å². The molecule has 0 saturated heterocycles. The molecular formula is C26H27F4IN6O5S. The Labute approximate surface area is 258 Å². The molecule has 0 atom stereocenters. The number of anilines is 3. The van der Waals surface area contributed by atoms with Gasteiger partial charge < -0.3 is 10.1 Å². The number of hydrogen-bond acceptors (Lipinski definition) is 7. The SMILES string of the molecule is CNS(=O)(=O)Nc1nccc(Cc2cc(C(=O)NN(C)C(=O)OC(C)(C)C)c(Nc3ccc(I)cc3F)c(F)c2F)c1F. The van der Waals surface area contributed by atoms with Gasteiger partial charge in [0.1, 0.15) is 11.4 Å². The summed E-state index contributed by atoms with van der Waals surface area (Å²) in [6.45, 7) is 4.77. The van der Waals surface area contributed by atoms with E-state index in [0.717, 1.165) is 38.5 Å². The number of benzene rings is 2. The van der Waals surface area contributed by atoms with Crippen molar-refractivity contribution in [3.05, 3.63) is 80.1 Å². The Kier molecular flexibility index (Phi) is 10.4. The molecule has 0 bridgehead atoms. The van der Waals surface area contributed by atoms with Crippen LogP contribution in [0.25, 0.3) is 0 Å². The van der Waals surface area contributed by atoms with Crippen LogP contribution in [0.4, 0.5) is 39.5 Å². The van der Waals surface area contributed by atoms with Crippen LogP contribution >= 0.6 is 22.6 Å². The van der Waals surface area contributed by atoms with E-state index in [1.165, 1.54) is 12.1 Å². The first-order chi connectivity index (χ1) is 19.9. The molecule has 0 aliphatic carbocycles. The summed E-state index contributed by atoms with van der Waals surface area (Å²) in [5.41, 5.74) is -1.20. The first kappa shape index (κ1) is 33.8. The summed E-state index contributed by atoms with van der Waals surface area (Å²) in [5.74, 6) is -6.95. The molecule has 1 aromatic heterocycles. The second-order valence-electron chi connectivity index (χ2n) is 9.93. The first-order valence-corrected chi connectivity index (χ1v) is 14.8. The highest BCUT2D eigenvalue weighted by Gasteiger charge is 2.27. The molecule has 3 rings (SSSR count). The van der Waals surface area contributed by atoms with Crippen molar-refractivity contribution in [2.24, 2.45) is 0 Å². The molecule has 4 N–H and O–H groups in total. The fraction of sp³-hybridized carbons (Fsp3) is 0.269. The molecule has 0 saturated carbocycles. The molecule has 0 aliphatic rings. The van der Waals surface area contributed by atoms with Crippen LogP contribution in [0, 0.1) is 26.8 Å². The zero-order valence-corrected chi connectivity index (χ0v) is 26.4. The number of carbonyl (C=O) groups is 2. The van der Waals surface area contributed by atoms with Crippen LogP contribution in [0.2, 0.25) is 0 Å². The van der Waals surface area contributed by atoms with Crippen LogP contribution in [-0.2, 0) is 21.4 Å². The van der Waals surface area contributed by atoms with E-state index in [4.69, 9.17) is 4.74 Å². The maximum absolute atomic E-state index is 15.6.